The lowest BCUT2D eigenvalue weighted by Gasteiger charge is -2.28. The molecule has 1 aliphatic rings. The zero-order valence-electron chi connectivity index (χ0n) is 12.8. The van der Waals surface area contributed by atoms with Crippen molar-refractivity contribution in [1.82, 2.24) is 0 Å². The second-order valence-electron chi connectivity index (χ2n) is 5.84. The van der Waals surface area contributed by atoms with Gasteiger partial charge in [0.15, 0.2) is 9.84 Å². The minimum atomic E-state index is -3.43. The van der Waals surface area contributed by atoms with E-state index >= 15 is 0 Å². The molecule has 1 aromatic rings. The number of aromatic carboxylic acids is 1. The molecule has 0 saturated carbocycles. The summed E-state index contributed by atoms with van der Waals surface area (Å²) in [5.74, 6) is -2.75. The average Bonchev–Trinajstić information content (AvgIpc) is 2.37. The van der Waals surface area contributed by atoms with Crippen molar-refractivity contribution < 1.29 is 32.8 Å². The highest BCUT2D eigenvalue weighted by Crippen LogP contribution is 2.37. The molecule has 0 aliphatic carbocycles. The van der Waals surface area contributed by atoms with Gasteiger partial charge in [-0.05, 0) is 24.5 Å². The van der Waals surface area contributed by atoms with Crippen LogP contribution in [-0.4, -0.2) is 49.4 Å². The van der Waals surface area contributed by atoms with Crippen molar-refractivity contribution in [2.45, 2.75) is 25.6 Å². The van der Waals surface area contributed by atoms with Crippen molar-refractivity contribution in [3.63, 3.8) is 0 Å². The lowest BCUT2D eigenvalue weighted by molar-refractivity contribution is -0.116. The smallest absolute Gasteiger partial charge is 0.526 e. The van der Waals surface area contributed by atoms with E-state index in [1.807, 2.05) is 0 Å². The predicted molar refractivity (Wildman–Crippen MR) is 83.5 cm³/mol. The summed E-state index contributed by atoms with van der Waals surface area (Å²) in [7, 11) is -4.78. The SMILES string of the molecule is Cc1ccc2c(c1C(=O)O)OB(O)[C@@H](CC(=O)CS(C)(=O)=O)C2. The van der Waals surface area contributed by atoms with Crippen LogP contribution in [0.5, 0.6) is 5.75 Å². The van der Waals surface area contributed by atoms with Crippen molar-refractivity contribution in [1.29, 1.82) is 0 Å². The lowest BCUT2D eigenvalue weighted by Crippen LogP contribution is -2.36. The fraction of sp³-hybridized carbons (Fsp3) is 0.429. The number of hydrogen-bond donors (Lipinski definition) is 2. The molecule has 0 amide bonds. The highest BCUT2D eigenvalue weighted by Gasteiger charge is 2.38. The molecule has 7 nitrogen and oxygen atoms in total. The molecule has 0 fully saturated rings. The summed E-state index contributed by atoms with van der Waals surface area (Å²) >= 11 is 0. The van der Waals surface area contributed by atoms with E-state index in [-0.39, 0.29) is 24.2 Å². The monoisotopic (exact) mass is 340 g/mol. The maximum Gasteiger partial charge on any atom is 0.526 e. The van der Waals surface area contributed by atoms with Gasteiger partial charge in [-0.15, -0.1) is 0 Å². The van der Waals surface area contributed by atoms with Crippen LogP contribution in [0.1, 0.15) is 27.9 Å². The second kappa shape index (κ2) is 6.33. The van der Waals surface area contributed by atoms with Gasteiger partial charge in [-0.2, -0.15) is 0 Å². The fourth-order valence-corrected chi connectivity index (χ4v) is 3.41. The third kappa shape index (κ3) is 4.11. The Morgan fingerprint density at radius 1 is 1.39 bits per heavy atom. The number of hydrogen-bond acceptors (Lipinski definition) is 6. The Balaban J connectivity index is 2.23. The van der Waals surface area contributed by atoms with Crippen molar-refractivity contribution >= 4 is 28.7 Å². The van der Waals surface area contributed by atoms with Crippen LogP contribution in [0.15, 0.2) is 12.1 Å². The number of aryl methyl sites for hydroxylation is 1. The molecule has 124 valence electrons. The summed E-state index contributed by atoms with van der Waals surface area (Å²) in [4.78, 5) is 23.1. The summed E-state index contributed by atoms with van der Waals surface area (Å²) < 4.78 is 27.6. The molecule has 0 spiro atoms. The van der Waals surface area contributed by atoms with Crippen LogP contribution >= 0.6 is 0 Å². The zero-order chi connectivity index (χ0) is 17.4. The molecule has 23 heavy (non-hydrogen) atoms. The topological polar surface area (TPSA) is 118 Å². The van der Waals surface area contributed by atoms with E-state index < -0.39 is 40.3 Å². The molecule has 1 aromatic carbocycles. The Morgan fingerprint density at radius 3 is 2.61 bits per heavy atom. The Kier molecular flexibility index (Phi) is 4.81. The van der Waals surface area contributed by atoms with E-state index in [4.69, 9.17) is 4.65 Å². The first-order chi connectivity index (χ1) is 10.6. The Labute approximate surface area is 134 Å². The third-order valence-electron chi connectivity index (χ3n) is 3.70. The standard InChI is InChI=1S/C14H17BO7S/c1-8-3-4-9-5-10(6-11(16)7-23(2,20)21)15(19)22-13(9)12(8)14(17)18/h3-4,10,19H,5-7H2,1-2H3,(H,17,18)/t10-/m1/s1. The van der Waals surface area contributed by atoms with Gasteiger partial charge in [0.1, 0.15) is 22.8 Å². The van der Waals surface area contributed by atoms with Crippen molar-refractivity contribution in [2.75, 3.05) is 12.0 Å². The quantitative estimate of drug-likeness (QED) is 0.749. The van der Waals surface area contributed by atoms with Gasteiger partial charge >= 0.3 is 13.1 Å². The minimum absolute atomic E-state index is 0.0116. The molecule has 1 aliphatic heterocycles. The van der Waals surface area contributed by atoms with Crippen molar-refractivity contribution in [3.05, 3.63) is 28.8 Å². The zero-order valence-corrected chi connectivity index (χ0v) is 13.6. The van der Waals surface area contributed by atoms with Crippen LogP contribution in [-0.2, 0) is 21.1 Å². The van der Waals surface area contributed by atoms with Crippen LogP contribution in [0, 0.1) is 6.92 Å². The number of Topliss-reactive ketones (excluding diaryl/α,β-unsaturated/α-hetero) is 1. The van der Waals surface area contributed by atoms with E-state index in [9.17, 15) is 28.1 Å². The van der Waals surface area contributed by atoms with E-state index in [0.717, 1.165) is 6.26 Å². The average molecular weight is 340 g/mol. The Morgan fingerprint density at radius 2 is 2.04 bits per heavy atom. The summed E-state index contributed by atoms with van der Waals surface area (Å²) in [6.45, 7) is 1.63. The molecular weight excluding hydrogens is 323 g/mol. The first-order valence-corrected chi connectivity index (χ1v) is 9.04. The number of carbonyl (C=O) groups excluding carboxylic acids is 1. The van der Waals surface area contributed by atoms with Crippen LogP contribution in [0.2, 0.25) is 5.82 Å². The van der Waals surface area contributed by atoms with E-state index in [1.54, 1.807) is 19.1 Å². The number of fused-ring (bicyclic) bond motifs is 1. The first kappa shape index (κ1) is 17.5. The van der Waals surface area contributed by atoms with Gasteiger partial charge in [-0.1, -0.05) is 12.1 Å². The van der Waals surface area contributed by atoms with Gasteiger partial charge < -0.3 is 14.8 Å². The molecule has 2 rings (SSSR count). The molecule has 0 bridgehead atoms. The summed E-state index contributed by atoms with van der Waals surface area (Å²) in [5.41, 5.74) is 1.08. The number of ketones is 1. The Bertz CT molecular complexity index is 757. The minimum Gasteiger partial charge on any atom is -0.535 e. The number of carboxylic acid groups (broad SMARTS) is 1. The molecule has 0 saturated heterocycles. The maximum absolute atomic E-state index is 11.8. The van der Waals surface area contributed by atoms with Gasteiger partial charge in [-0.3, -0.25) is 4.79 Å². The van der Waals surface area contributed by atoms with Crippen molar-refractivity contribution in [2.24, 2.45) is 0 Å². The summed E-state index contributed by atoms with van der Waals surface area (Å²) in [5, 5.41) is 19.3. The Hall–Kier alpha value is -1.87. The van der Waals surface area contributed by atoms with Gasteiger partial charge in [0.25, 0.3) is 0 Å². The van der Waals surface area contributed by atoms with Crippen LogP contribution < -0.4 is 4.65 Å². The van der Waals surface area contributed by atoms with Gasteiger partial charge in [-0.25, -0.2) is 13.2 Å². The molecule has 1 heterocycles. The van der Waals surface area contributed by atoms with Crippen LogP contribution in [0.3, 0.4) is 0 Å². The van der Waals surface area contributed by atoms with E-state index in [0.29, 0.717) is 11.1 Å². The highest BCUT2D eigenvalue weighted by atomic mass is 32.2. The normalized spacial score (nSPS) is 17.3. The van der Waals surface area contributed by atoms with Gasteiger partial charge in [0.2, 0.25) is 0 Å². The van der Waals surface area contributed by atoms with Crippen molar-refractivity contribution in [3.8, 4) is 5.75 Å². The van der Waals surface area contributed by atoms with Gasteiger partial charge in [0, 0.05) is 18.5 Å². The van der Waals surface area contributed by atoms with Crippen LogP contribution in [0.4, 0.5) is 0 Å². The second-order valence-corrected chi connectivity index (χ2v) is 7.98. The third-order valence-corrected chi connectivity index (χ3v) is 4.54. The fourth-order valence-electron chi connectivity index (χ4n) is 2.70. The van der Waals surface area contributed by atoms with E-state index in [1.165, 1.54) is 0 Å². The highest BCUT2D eigenvalue weighted by molar-refractivity contribution is 7.91. The number of rotatable bonds is 5. The summed E-state index contributed by atoms with van der Waals surface area (Å²) in [6.07, 6.45) is 1.06. The number of benzene rings is 1. The summed E-state index contributed by atoms with van der Waals surface area (Å²) in [6, 6.07) is 3.33. The molecule has 0 radical (unpaired) electrons. The van der Waals surface area contributed by atoms with E-state index in [2.05, 4.69) is 0 Å². The first-order valence-electron chi connectivity index (χ1n) is 6.98. The number of carbonyl (C=O) groups is 2. The number of sulfone groups is 1. The molecular formula is C14H17BO7S. The predicted octanol–water partition coefficient (Wildman–Crippen LogP) is 0.483. The molecule has 2 N–H and O–H groups in total. The van der Waals surface area contributed by atoms with Crippen LogP contribution in [0.25, 0.3) is 0 Å². The largest absolute Gasteiger partial charge is 0.535 e. The number of carboxylic acids is 1. The molecule has 0 aromatic heterocycles. The maximum atomic E-state index is 11.8. The molecule has 1 atom stereocenters. The van der Waals surface area contributed by atoms with Gasteiger partial charge in [0.05, 0.1) is 0 Å². The molecule has 9 heteroatoms. The lowest BCUT2D eigenvalue weighted by atomic mass is 9.64. The molecule has 0 unspecified atom stereocenters.